The standard InChI is InChI=1S/C23H24BrN3O2/c1-14(2)21(26-22(28)16-8-3-5-9-18(16)24)23(29)27-12-11-20-17(13-27)15-7-4-6-10-19(15)25-20/h3-10,14,21,25H,11-13H2,1-2H3,(H,26,28)/t21-/m1/s1. The molecular formula is C23H24BrN3O2. The Bertz CT molecular complexity index is 1070. The summed E-state index contributed by atoms with van der Waals surface area (Å²) in [6, 6.07) is 14.9. The molecule has 1 atom stereocenters. The summed E-state index contributed by atoms with van der Waals surface area (Å²) in [5, 5.41) is 4.12. The average molecular weight is 454 g/mol. The van der Waals surface area contributed by atoms with E-state index in [1.807, 2.05) is 49.1 Å². The summed E-state index contributed by atoms with van der Waals surface area (Å²) in [7, 11) is 0. The van der Waals surface area contributed by atoms with Crippen molar-refractivity contribution in [2.24, 2.45) is 5.92 Å². The summed E-state index contributed by atoms with van der Waals surface area (Å²) in [4.78, 5) is 31.5. The van der Waals surface area contributed by atoms with Crippen molar-refractivity contribution in [3.05, 3.63) is 69.8 Å². The van der Waals surface area contributed by atoms with Gasteiger partial charge in [0.05, 0.1) is 5.56 Å². The number of benzene rings is 2. The fraction of sp³-hybridized carbons (Fsp3) is 0.304. The summed E-state index contributed by atoms with van der Waals surface area (Å²) < 4.78 is 0.717. The maximum Gasteiger partial charge on any atom is 0.253 e. The molecule has 0 radical (unpaired) electrons. The molecule has 0 saturated heterocycles. The number of fused-ring (bicyclic) bond motifs is 3. The lowest BCUT2D eigenvalue weighted by molar-refractivity contribution is -0.135. The minimum Gasteiger partial charge on any atom is -0.358 e. The third-order valence-corrected chi connectivity index (χ3v) is 6.22. The summed E-state index contributed by atoms with van der Waals surface area (Å²) >= 11 is 3.41. The van der Waals surface area contributed by atoms with E-state index < -0.39 is 6.04 Å². The Kier molecular flexibility index (Phi) is 5.46. The van der Waals surface area contributed by atoms with Gasteiger partial charge in [0.2, 0.25) is 5.91 Å². The van der Waals surface area contributed by atoms with E-state index in [-0.39, 0.29) is 17.7 Å². The molecule has 2 N–H and O–H groups in total. The van der Waals surface area contributed by atoms with E-state index in [1.54, 1.807) is 6.07 Å². The number of hydrogen-bond acceptors (Lipinski definition) is 2. The van der Waals surface area contributed by atoms with Gasteiger partial charge in [0.1, 0.15) is 6.04 Å². The van der Waals surface area contributed by atoms with Crippen molar-refractivity contribution < 1.29 is 9.59 Å². The topological polar surface area (TPSA) is 65.2 Å². The third kappa shape index (κ3) is 3.81. The molecule has 3 aromatic rings. The summed E-state index contributed by atoms with van der Waals surface area (Å²) in [5.41, 5.74) is 4.02. The number of carbonyl (C=O) groups is 2. The summed E-state index contributed by atoms with van der Waals surface area (Å²) in [5.74, 6) is -0.288. The van der Waals surface area contributed by atoms with Crippen molar-refractivity contribution in [1.82, 2.24) is 15.2 Å². The number of H-pyrrole nitrogens is 1. The number of aromatic amines is 1. The Morgan fingerprint density at radius 1 is 1.10 bits per heavy atom. The highest BCUT2D eigenvalue weighted by molar-refractivity contribution is 9.10. The Morgan fingerprint density at radius 2 is 1.83 bits per heavy atom. The second-order valence-electron chi connectivity index (χ2n) is 7.81. The number of nitrogens with one attached hydrogen (secondary N) is 2. The van der Waals surface area contributed by atoms with Gasteiger partial charge in [0.15, 0.2) is 0 Å². The van der Waals surface area contributed by atoms with Gasteiger partial charge in [0.25, 0.3) is 5.91 Å². The third-order valence-electron chi connectivity index (χ3n) is 5.53. The zero-order chi connectivity index (χ0) is 20.5. The first-order valence-electron chi connectivity index (χ1n) is 9.88. The van der Waals surface area contributed by atoms with E-state index in [4.69, 9.17) is 0 Å². The van der Waals surface area contributed by atoms with Crippen LogP contribution in [0.5, 0.6) is 0 Å². The van der Waals surface area contributed by atoms with Gasteiger partial charge < -0.3 is 15.2 Å². The van der Waals surface area contributed by atoms with Crippen LogP contribution in [0, 0.1) is 5.92 Å². The molecule has 2 amide bonds. The fourth-order valence-electron chi connectivity index (χ4n) is 3.93. The number of hydrogen-bond donors (Lipinski definition) is 2. The van der Waals surface area contributed by atoms with Crippen LogP contribution in [-0.4, -0.2) is 34.3 Å². The van der Waals surface area contributed by atoms with Crippen LogP contribution < -0.4 is 5.32 Å². The van der Waals surface area contributed by atoms with Crippen LogP contribution in [0.15, 0.2) is 53.0 Å². The number of carbonyl (C=O) groups excluding carboxylic acids is 2. The van der Waals surface area contributed by atoms with Crippen LogP contribution in [0.3, 0.4) is 0 Å². The Labute approximate surface area is 178 Å². The van der Waals surface area contributed by atoms with Crippen molar-refractivity contribution in [1.29, 1.82) is 0 Å². The molecule has 2 heterocycles. The molecule has 0 spiro atoms. The highest BCUT2D eigenvalue weighted by Crippen LogP contribution is 2.28. The number of halogens is 1. The van der Waals surface area contributed by atoms with Gasteiger partial charge in [0, 0.05) is 46.1 Å². The zero-order valence-corrected chi connectivity index (χ0v) is 18.1. The Morgan fingerprint density at radius 3 is 2.59 bits per heavy atom. The molecule has 1 aliphatic heterocycles. The quantitative estimate of drug-likeness (QED) is 0.619. The van der Waals surface area contributed by atoms with E-state index in [9.17, 15) is 9.59 Å². The molecule has 0 unspecified atom stereocenters. The second-order valence-corrected chi connectivity index (χ2v) is 8.67. The lowest BCUT2D eigenvalue weighted by Gasteiger charge is -2.32. The summed E-state index contributed by atoms with van der Waals surface area (Å²) in [6.07, 6.45) is 0.790. The highest BCUT2D eigenvalue weighted by Gasteiger charge is 2.32. The van der Waals surface area contributed by atoms with Gasteiger partial charge in [-0.15, -0.1) is 0 Å². The minimum atomic E-state index is -0.568. The number of rotatable bonds is 4. The smallest absolute Gasteiger partial charge is 0.253 e. The predicted molar refractivity (Wildman–Crippen MR) is 118 cm³/mol. The van der Waals surface area contributed by atoms with Crippen LogP contribution in [-0.2, 0) is 17.8 Å². The number of amides is 2. The molecule has 1 aliphatic rings. The van der Waals surface area contributed by atoms with E-state index in [1.165, 1.54) is 16.6 Å². The molecule has 29 heavy (non-hydrogen) atoms. The van der Waals surface area contributed by atoms with E-state index >= 15 is 0 Å². The second kappa shape index (κ2) is 8.03. The largest absolute Gasteiger partial charge is 0.358 e. The van der Waals surface area contributed by atoms with Crippen LogP contribution in [0.1, 0.15) is 35.5 Å². The number of aromatic nitrogens is 1. The Balaban J connectivity index is 1.55. The first-order chi connectivity index (χ1) is 14.0. The van der Waals surface area contributed by atoms with E-state index in [2.05, 4.69) is 38.4 Å². The van der Waals surface area contributed by atoms with Gasteiger partial charge in [-0.2, -0.15) is 0 Å². The van der Waals surface area contributed by atoms with Gasteiger partial charge >= 0.3 is 0 Å². The van der Waals surface area contributed by atoms with Crippen LogP contribution >= 0.6 is 15.9 Å². The van der Waals surface area contributed by atoms with Crippen molar-refractivity contribution >= 4 is 38.6 Å². The predicted octanol–water partition coefficient (Wildman–Crippen LogP) is 4.27. The maximum atomic E-state index is 13.3. The first-order valence-corrected chi connectivity index (χ1v) is 10.7. The highest BCUT2D eigenvalue weighted by atomic mass is 79.9. The normalized spacial score (nSPS) is 14.7. The number of nitrogens with zero attached hydrogens (tertiary/aromatic N) is 1. The molecule has 0 aliphatic carbocycles. The van der Waals surface area contributed by atoms with Crippen molar-refractivity contribution in [2.45, 2.75) is 32.9 Å². The van der Waals surface area contributed by atoms with Crippen LogP contribution in [0.4, 0.5) is 0 Å². The molecule has 0 saturated carbocycles. The van der Waals surface area contributed by atoms with Crippen molar-refractivity contribution in [3.8, 4) is 0 Å². The lowest BCUT2D eigenvalue weighted by atomic mass is 9.99. The molecule has 0 fully saturated rings. The monoisotopic (exact) mass is 453 g/mol. The zero-order valence-electron chi connectivity index (χ0n) is 16.5. The molecular weight excluding hydrogens is 430 g/mol. The molecule has 150 valence electrons. The Hall–Kier alpha value is -2.60. The molecule has 0 bridgehead atoms. The molecule has 5 nitrogen and oxygen atoms in total. The van der Waals surface area contributed by atoms with Gasteiger partial charge in [-0.05, 0) is 40.0 Å². The van der Waals surface area contributed by atoms with E-state index in [0.717, 1.165) is 11.9 Å². The molecule has 6 heteroatoms. The first kappa shape index (κ1) is 19.7. The lowest BCUT2D eigenvalue weighted by Crippen LogP contribution is -2.52. The molecule has 2 aromatic carbocycles. The van der Waals surface area contributed by atoms with Gasteiger partial charge in [-0.1, -0.05) is 44.2 Å². The fourth-order valence-corrected chi connectivity index (χ4v) is 4.39. The van der Waals surface area contributed by atoms with Crippen molar-refractivity contribution in [3.63, 3.8) is 0 Å². The van der Waals surface area contributed by atoms with Crippen molar-refractivity contribution in [2.75, 3.05) is 6.54 Å². The number of para-hydroxylation sites is 1. The molecule has 1 aromatic heterocycles. The maximum absolute atomic E-state index is 13.3. The van der Waals surface area contributed by atoms with Crippen LogP contribution in [0.2, 0.25) is 0 Å². The average Bonchev–Trinajstić information content (AvgIpc) is 3.09. The van der Waals surface area contributed by atoms with E-state index in [0.29, 0.717) is 23.1 Å². The van der Waals surface area contributed by atoms with Gasteiger partial charge in [-0.3, -0.25) is 9.59 Å². The SMILES string of the molecule is CC(C)[C@@H](NC(=O)c1ccccc1Br)C(=O)N1CCc2[nH]c3ccccc3c2C1. The molecule has 4 rings (SSSR count). The van der Waals surface area contributed by atoms with Crippen LogP contribution in [0.25, 0.3) is 10.9 Å². The van der Waals surface area contributed by atoms with Gasteiger partial charge in [-0.25, -0.2) is 0 Å². The summed E-state index contributed by atoms with van der Waals surface area (Å²) in [6.45, 7) is 5.13. The minimum absolute atomic E-state index is 0.0155.